The van der Waals surface area contributed by atoms with Crippen LogP contribution in [-0.2, 0) is 16.4 Å². The van der Waals surface area contributed by atoms with E-state index in [9.17, 15) is 8.42 Å². The third-order valence-corrected chi connectivity index (χ3v) is 5.17. The fraction of sp³-hybridized carbons (Fsp3) is 0.294. The van der Waals surface area contributed by atoms with E-state index in [1.54, 1.807) is 30.5 Å². The van der Waals surface area contributed by atoms with Crippen molar-refractivity contribution >= 4 is 9.84 Å². The van der Waals surface area contributed by atoms with E-state index in [1.807, 2.05) is 31.0 Å². The highest BCUT2D eigenvalue weighted by Gasteiger charge is 2.17. The Labute approximate surface area is 146 Å². The van der Waals surface area contributed by atoms with Crippen molar-refractivity contribution in [2.24, 2.45) is 0 Å². The average Bonchev–Trinajstić information content (AvgIpc) is 3.24. The number of rotatable bonds is 6. The van der Waals surface area contributed by atoms with Gasteiger partial charge in [-0.3, -0.25) is 4.90 Å². The van der Waals surface area contributed by atoms with Crippen LogP contribution in [0.5, 0.6) is 0 Å². The van der Waals surface area contributed by atoms with Crippen LogP contribution in [0.2, 0.25) is 0 Å². The Morgan fingerprint density at radius 1 is 1.20 bits per heavy atom. The second-order valence-electron chi connectivity index (χ2n) is 5.92. The zero-order valence-electron chi connectivity index (χ0n) is 14.2. The van der Waals surface area contributed by atoms with Crippen molar-refractivity contribution in [1.29, 1.82) is 0 Å². The molecule has 0 spiro atoms. The summed E-state index contributed by atoms with van der Waals surface area (Å²) in [5, 5.41) is 3.91. The Bertz CT molecular complexity index is 931. The molecule has 132 valence electrons. The number of hydrogen-bond donors (Lipinski definition) is 0. The minimum atomic E-state index is -3.19. The molecule has 0 bridgehead atoms. The fourth-order valence-corrected chi connectivity index (χ4v) is 3.05. The van der Waals surface area contributed by atoms with E-state index in [-0.39, 0.29) is 6.04 Å². The highest BCUT2D eigenvalue weighted by molar-refractivity contribution is 7.90. The number of aromatic nitrogens is 2. The van der Waals surface area contributed by atoms with Gasteiger partial charge in [0.15, 0.2) is 15.6 Å². The van der Waals surface area contributed by atoms with E-state index in [2.05, 4.69) is 10.1 Å². The second kappa shape index (κ2) is 6.81. The molecule has 1 atom stereocenters. The van der Waals surface area contributed by atoms with Crippen LogP contribution in [0.15, 0.2) is 56.5 Å². The molecule has 0 radical (unpaired) electrons. The summed E-state index contributed by atoms with van der Waals surface area (Å²) in [4.78, 5) is 6.67. The molecule has 0 fully saturated rings. The Morgan fingerprint density at radius 3 is 2.52 bits per heavy atom. The third-order valence-electron chi connectivity index (χ3n) is 4.05. The molecule has 0 N–H and O–H groups in total. The van der Waals surface area contributed by atoms with Crippen LogP contribution in [0, 0.1) is 0 Å². The first-order valence-corrected chi connectivity index (χ1v) is 9.60. The van der Waals surface area contributed by atoms with Gasteiger partial charge < -0.3 is 8.94 Å². The van der Waals surface area contributed by atoms with Gasteiger partial charge in [0.05, 0.1) is 17.7 Å². The van der Waals surface area contributed by atoms with E-state index in [1.165, 1.54) is 6.26 Å². The largest absolute Gasteiger partial charge is 0.461 e. The molecular formula is C17H19N3O4S. The second-order valence-corrected chi connectivity index (χ2v) is 7.94. The lowest BCUT2D eigenvalue weighted by Crippen LogP contribution is -2.22. The van der Waals surface area contributed by atoms with Crippen LogP contribution in [0.4, 0.5) is 0 Å². The molecule has 8 heteroatoms. The van der Waals surface area contributed by atoms with Gasteiger partial charge in [0.2, 0.25) is 11.7 Å². The van der Waals surface area contributed by atoms with Crippen molar-refractivity contribution in [2.45, 2.75) is 24.4 Å². The smallest absolute Gasteiger partial charge is 0.241 e. The van der Waals surface area contributed by atoms with Gasteiger partial charge in [-0.2, -0.15) is 4.98 Å². The molecule has 0 amide bonds. The topological polar surface area (TPSA) is 89.4 Å². The van der Waals surface area contributed by atoms with Crippen molar-refractivity contribution in [3.63, 3.8) is 0 Å². The van der Waals surface area contributed by atoms with Crippen LogP contribution in [0.25, 0.3) is 11.6 Å². The SMILES string of the molecule is C[C@@H](c1ccc(S(C)(=O)=O)cc1)N(C)Cc1nc(-c2ccco2)no1. The summed E-state index contributed by atoms with van der Waals surface area (Å²) >= 11 is 0. The van der Waals surface area contributed by atoms with E-state index in [0.29, 0.717) is 28.9 Å². The molecule has 0 aliphatic rings. The molecule has 2 aromatic heterocycles. The molecule has 0 aliphatic heterocycles. The van der Waals surface area contributed by atoms with Crippen LogP contribution in [0.1, 0.15) is 24.4 Å². The van der Waals surface area contributed by atoms with Crippen LogP contribution >= 0.6 is 0 Å². The summed E-state index contributed by atoms with van der Waals surface area (Å²) in [5.41, 5.74) is 1.00. The summed E-state index contributed by atoms with van der Waals surface area (Å²) < 4.78 is 33.6. The molecule has 0 saturated carbocycles. The number of nitrogens with zero attached hydrogens (tertiary/aromatic N) is 3. The normalized spacial score (nSPS) is 13.3. The van der Waals surface area contributed by atoms with Gasteiger partial charge in [-0.15, -0.1) is 0 Å². The van der Waals surface area contributed by atoms with E-state index in [4.69, 9.17) is 8.94 Å². The lowest BCUT2D eigenvalue weighted by molar-refractivity contribution is 0.216. The Balaban J connectivity index is 1.69. The summed E-state index contributed by atoms with van der Waals surface area (Å²) in [5.74, 6) is 1.45. The van der Waals surface area contributed by atoms with Crippen molar-refractivity contribution in [3.8, 4) is 11.6 Å². The predicted octanol–water partition coefficient (Wildman–Crippen LogP) is 2.93. The first kappa shape index (κ1) is 17.4. The maximum Gasteiger partial charge on any atom is 0.241 e. The predicted molar refractivity (Wildman–Crippen MR) is 91.4 cm³/mol. The average molecular weight is 361 g/mol. The molecular weight excluding hydrogens is 342 g/mol. The number of sulfone groups is 1. The third kappa shape index (κ3) is 3.97. The van der Waals surface area contributed by atoms with Gasteiger partial charge >= 0.3 is 0 Å². The summed E-state index contributed by atoms with van der Waals surface area (Å²) in [7, 11) is -1.25. The van der Waals surface area contributed by atoms with Crippen molar-refractivity contribution < 1.29 is 17.4 Å². The lowest BCUT2D eigenvalue weighted by atomic mass is 10.1. The Kier molecular flexibility index (Phi) is 4.73. The monoisotopic (exact) mass is 361 g/mol. The molecule has 25 heavy (non-hydrogen) atoms. The zero-order chi connectivity index (χ0) is 18.0. The summed E-state index contributed by atoms with van der Waals surface area (Å²) in [6.45, 7) is 2.49. The van der Waals surface area contributed by atoms with E-state index < -0.39 is 9.84 Å². The summed E-state index contributed by atoms with van der Waals surface area (Å²) in [6.07, 6.45) is 2.75. The molecule has 1 aromatic carbocycles. The van der Waals surface area contributed by atoms with E-state index in [0.717, 1.165) is 5.56 Å². The van der Waals surface area contributed by atoms with Gasteiger partial charge in [-0.25, -0.2) is 8.42 Å². The standard InChI is InChI=1S/C17H19N3O4S/c1-12(13-6-8-14(9-7-13)25(3,21)22)20(2)11-16-18-17(19-24-16)15-5-4-10-23-15/h4-10,12H,11H2,1-3H3/t12-/m0/s1. The Morgan fingerprint density at radius 2 is 1.92 bits per heavy atom. The van der Waals surface area contributed by atoms with Gasteiger partial charge in [-0.05, 0) is 43.8 Å². The molecule has 0 saturated heterocycles. The molecule has 7 nitrogen and oxygen atoms in total. The first-order chi connectivity index (χ1) is 11.8. The van der Waals surface area contributed by atoms with Crippen molar-refractivity contribution in [3.05, 3.63) is 54.1 Å². The van der Waals surface area contributed by atoms with Crippen LogP contribution < -0.4 is 0 Å². The summed E-state index contributed by atoms with van der Waals surface area (Å²) in [6, 6.07) is 10.5. The molecule has 0 unspecified atom stereocenters. The van der Waals surface area contributed by atoms with E-state index >= 15 is 0 Å². The van der Waals surface area contributed by atoms with Crippen LogP contribution in [-0.4, -0.2) is 36.8 Å². The maximum atomic E-state index is 11.5. The number of benzene rings is 1. The van der Waals surface area contributed by atoms with Gasteiger partial charge in [0.25, 0.3) is 0 Å². The lowest BCUT2D eigenvalue weighted by Gasteiger charge is -2.23. The van der Waals surface area contributed by atoms with Crippen molar-refractivity contribution in [1.82, 2.24) is 15.0 Å². The van der Waals surface area contributed by atoms with Gasteiger partial charge in [0.1, 0.15) is 0 Å². The quantitative estimate of drug-likeness (QED) is 0.667. The Hall–Kier alpha value is -2.45. The highest BCUT2D eigenvalue weighted by atomic mass is 32.2. The molecule has 3 rings (SSSR count). The van der Waals surface area contributed by atoms with Crippen molar-refractivity contribution in [2.75, 3.05) is 13.3 Å². The maximum absolute atomic E-state index is 11.5. The molecule has 3 aromatic rings. The first-order valence-electron chi connectivity index (χ1n) is 7.71. The minimum absolute atomic E-state index is 0.0487. The fourth-order valence-electron chi connectivity index (χ4n) is 2.42. The number of furan rings is 1. The highest BCUT2D eigenvalue weighted by Crippen LogP contribution is 2.23. The van der Waals surface area contributed by atoms with Gasteiger partial charge in [-0.1, -0.05) is 17.3 Å². The zero-order valence-corrected chi connectivity index (χ0v) is 15.0. The van der Waals surface area contributed by atoms with Crippen LogP contribution in [0.3, 0.4) is 0 Å². The number of hydrogen-bond acceptors (Lipinski definition) is 7. The van der Waals surface area contributed by atoms with Gasteiger partial charge in [0, 0.05) is 12.3 Å². The molecule has 2 heterocycles. The molecule has 0 aliphatic carbocycles. The minimum Gasteiger partial charge on any atom is -0.461 e.